The van der Waals surface area contributed by atoms with Crippen LogP contribution in [0, 0.1) is 13.8 Å². The summed E-state index contributed by atoms with van der Waals surface area (Å²) in [6.07, 6.45) is 0. The maximum atomic E-state index is 12.3. The second kappa shape index (κ2) is 6.06. The average Bonchev–Trinajstić information content (AvgIpc) is 3.01. The molecule has 0 radical (unpaired) electrons. The van der Waals surface area contributed by atoms with Crippen LogP contribution in [0.15, 0.2) is 24.3 Å². The summed E-state index contributed by atoms with van der Waals surface area (Å²) < 4.78 is 6.48. The molecule has 0 aliphatic heterocycles. The van der Waals surface area contributed by atoms with E-state index in [-0.39, 0.29) is 5.91 Å². The van der Waals surface area contributed by atoms with E-state index in [0.717, 1.165) is 31.3 Å². The molecule has 0 bridgehead atoms. The molecule has 3 aromatic rings. The highest BCUT2D eigenvalue weighted by Gasteiger charge is 2.14. The smallest absolute Gasteiger partial charge is 0.258 e. The van der Waals surface area contributed by atoms with Crippen molar-refractivity contribution in [3.8, 4) is 5.75 Å². The van der Waals surface area contributed by atoms with E-state index in [2.05, 4.69) is 10.3 Å². The number of aromatic nitrogens is 1. The van der Waals surface area contributed by atoms with Gasteiger partial charge in [0.1, 0.15) is 5.75 Å². The third kappa shape index (κ3) is 2.98. The number of nitrogens with zero attached hydrogens (tertiary/aromatic N) is 1. The monoisotopic (exact) mass is 332 g/mol. The van der Waals surface area contributed by atoms with E-state index in [0.29, 0.717) is 11.7 Å². The molecular weight excluding hydrogens is 316 g/mol. The fourth-order valence-electron chi connectivity index (χ4n) is 2.24. The first-order valence-electron chi connectivity index (χ1n) is 6.98. The topological polar surface area (TPSA) is 51.2 Å². The number of thiophene rings is 1. The summed E-state index contributed by atoms with van der Waals surface area (Å²) in [5, 5.41) is 3.50. The predicted molar refractivity (Wildman–Crippen MR) is 92.5 cm³/mol. The Morgan fingerprint density at radius 1 is 1.27 bits per heavy atom. The molecule has 2 heterocycles. The lowest BCUT2D eigenvalue weighted by Gasteiger charge is -2.00. The Kier molecular flexibility index (Phi) is 4.13. The lowest BCUT2D eigenvalue weighted by Crippen LogP contribution is -2.11. The first-order valence-corrected chi connectivity index (χ1v) is 8.62. The Bertz CT molecular complexity index is 836. The van der Waals surface area contributed by atoms with Gasteiger partial charge in [-0.15, -0.1) is 11.3 Å². The second-order valence-electron chi connectivity index (χ2n) is 4.86. The first-order chi connectivity index (χ1) is 10.6. The van der Waals surface area contributed by atoms with Gasteiger partial charge in [0.2, 0.25) is 0 Å². The van der Waals surface area contributed by atoms with Gasteiger partial charge in [-0.3, -0.25) is 10.1 Å². The zero-order valence-electron chi connectivity index (χ0n) is 12.6. The number of anilines is 1. The molecule has 22 heavy (non-hydrogen) atoms. The molecule has 1 aromatic carbocycles. The number of rotatable bonds is 4. The fourth-order valence-corrected chi connectivity index (χ4v) is 4.05. The number of ether oxygens (including phenoxy) is 1. The van der Waals surface area contributed by atoms with Crippen LogP contribution in [0.2, 0.25) is 0 Å². The minimum atomic E-state index is -0.106. The number of nitrogens with one attached hydrogen (secondary N) is 1. The Hall–Kier alpha value is -1.92. The number of aryl methyl sites for hydroxylation is 2. The van der Waals surface area contributed by atoms with Gasteiger partial charge >= 0.3 is 0 Å². The van der Waals surface area contributed by atoms with Crippen LogP contribution in [0.25, 0.3) is 10.2 Å². The molecule has 0 saturated carbocycles. The van der Waals surface area contributed by atoms with Crippen LogP contribution < -0.4 is 10.1 Å². The minimum Gasteiger partial charge on any atom is -0.494 e. The van der Waals surface area contributed by atoms with E-state index >= 15 is 0 Å². The normalized spacial score (nSPS) is 10.9. The summed E-state index contributed by atoms with van der Waals surface area (Å²) in [5.74, 6) is 0.715. The van der Waals surface area contributed by atoms with E-state index < -0.39 is 0 Å². The highest BCUT2D eigenvalue weighted by atomic mass is 32.1. The highest BCUT2D eigenvalue weighted by Crippen LogP contribution is 2.30. The van der Waals surface area contributed by atoms with Crippen molar-refractivity contribution in [3.63, 3.8) is 0 Å². The SMILES string of the molecule is CCOc1ccc2nc(NC(=O)c3cc(C)sc3C)sc2c1. The van der Waals surface area contributed by atoms with E-state index in [1.54, 1.807) is 11.3 Å². The molecular formula is C16H16N2O2S2. The summed E-state index contributed by atoms with van der Waals surface area (Å²) in [6, 6.07) is 7.66. The van der Waals surface area contributed by atoms with Gasteiger partial charge in [-0.25, -0.2) is 4.98 Å². The van der Waals surface area contributed by atoms with E-state index in [1.165, 1.54) is 11.3 Å². The zero-order valence-corrected chi connectivity index (χ0v) is 14.2. The van der Waals surface area contributed by atoms with Crippen molar-refractivity contribution in [2.24, 2.45) is 0 Å². The third-order valence-electron chi connectivity index (χ3n) is 3.18. The van der Waals surface area contributed by atoms with Crippen LogP contribution in [0.4, 0.5) is 5.13 Å². The molecule has 6 heteroatoms. The van der Waals surface area contributed by atoms with Crippen LogP contribution in [-0.2, 0) is 0 Å². The van der Waals surface area contributed by atoms with Crippen LogP contribution in [-0.4, -0.2) is 17.5 Å². The Morgan fingerprint density at radius 2 is 2.09 bits per heavy atom. The van der Waals surface area contributed by atoms with Crippen molar-refractivity contribution in [2.75, 3.05) is 11.9 Å². The Labute approximate surface area is 136 Å². The largest absolute Gasteiger partial charge is 0.494 e. The maximum absolute atomic E-state index is 12.3. The number of hydrogen-bond donors (Lipinski definition) is 1. The molecule has 0 unspecified atom stereocenters. The maximum Gasteiger partial charge on any atom is 0.258 e. The molecule has 0 spiro atoms. The second-order valence-corrected chi connectivity index (χ2v) is 7.35. The molecule has 114 valence electrons. The number of carbonyl (C=O) groups excluding carboxylic acids is 1. The summed E-state index contributed by atoms with van der Waals surface area (Å²) >= 11 is 3.08. The number of benzene rings is 1. The average molecular weight is 332 g/mol. The van der Waals surface area contributed by atoms with Crippen molar-refractivity contribution in [1.29, 1.82) is 0 Å². The Morgan fingerprint density at radius 3 is 2.77 bits per heavy atom. The zero-order chi connectivity index (χ0) is 15.7. The first kappa shape index (κ1) is 15.0. The lowest BCUT2D eigenvalue weighted by atomic mass is 10.2. The molecule has 0 aliphatic rings. The van der Waals surface area contributed by atoms with Gasteiger partial charge < -0.3 is 4.74 Å². The van der Waals surface area contributed by atoms with Crippen molar-refractivity contribution < 1.29 is 9.53 Å². The van der Waals surface area contributed by atoms with Gasteiger partial charge in [0.15, 0.2) is 5.13 Å². The van der Waals surface area contributed by atoms with E-state index in [9.17, 15) is 4.79 Å². The molecule has 3 rings (SSSR count). The van der Waals surface area contributed by atoms with Crippen LogP contribution in [0.5, 0.6) is 5.75 Å². The van der Waals surface area contributed by atoms with Gasteiger partial charge in [0.25, 0.3) is 5.91 Å². The lowest BCUT2D eigenvalue weighted by molar-refractivity contribution is 0.102. The van der Waals surface area contributed by atoms with Crippen molar-refractivity contribution >= 4 is 43.9 Å². The molecule has 2 aromatic heterocycles. The molecule has 4 nitrogen and oxygen atoms in total. The van der Waals surface area contributed by atoms with Crippen molar-refractivity contribution in [3.05, 3.63) is 39.6 Å². The van der Waals surface area contributed by atoms with Gasteiger partial charge in [-0.05, 0) is 45.0 Å². The number of amides is 1. The molecule has 1 N–H and O–H groups in total. The quantitative estimate of drug-likeness (QED) is 0.758. The molecule has 0 fully saturated rings. The van der Waals surface area contributed by atoms with Crippen LogP contribution in [0.3, 0.4) is 0 Å². The molecule has 0 atom stereocenters. The van der Waals surface area contributed by atoms with E-state index in [1.807, 2.05) is 45.0 Å². The number of hydrogen-bond acceptors (Lipinski definition) is 5. The third-order valence-corrected chi connectivity index (χ3v) is 5.08. The van der Waals surface area contributed by atoms with Crippen LogP contribution >= 0.6 is 22.7 Å². The Balaban J connectivity index is 1.84. The molecule has 0 saturated heterocycles. The predicted octanol–water partition coefficient (Wildman–Crippen LogP) is 4.63. The van der Waals surface area contributed by atoms with Gasteiger partial charge in [0, 0.05) is 9.75 Å². The number of thiazole rings is 1. The van der Waals surface area contributed by atoms with Gasteiger partial charge in [-0.2, -0.15) is 0 Å². The summed E-state index contributed by atoms with van der Waals surface area (Å²) in [6.45, 7) is 6.54. The van der Waals surface area contributed by atoms with E-state index in [4.69, 9.17) is 4.74 Å². The molecule has 1 amide bonds. The van der Waals surface area contributed by atoms with Crippen molar-refractivity contribution in [1.82, 2.24) is 4.98 Å². The summed E-state index contributed by atoms with van der Waals surface area (Å²) in [5.41, 5.74) is 1.58. The molecule has 0 aliphatic carbocycles. The van der Waals surface area contributed by atoms with Crippen molar-refractivity contribution in [2.45, 2.75) is 20.8 Å². The fraction of sp³-hybridized carbons (Fsp3) is 0.250. The summed E-state index contributed by atoms with van der Waals surface area (Å²) in [4.78, 5) is 18.9. The highest BCUT2D eigenvalue weighted by molar-refractivity contribution is 7.22. The summed E-state index contributed by atoms with van der Waals surface area (Å²) in [7, 11) is 0. The van der Waals surface area contributed by atoms with Gasteiger partial charge in [0.05, 0.1) is 22.4 Å². The number of carbonyl (C=O) groups is 1. The number of fused-ring (bicyclic) bond motifs is 1. The van der Waals surface area contributed by atoms with Gasteiger partial charge in [-0.1, -0.05) is 11.3 Å². The van der Waals surface area contributed by atoms with Crippen LogP contribution in [0.1, 0.15) is 27.0 Å². The minimum absolute atomic E-state index is 0.106. The standard InChI is InChI=1S/C16H16N2O2S2/c1-4-20-11-5-6-13-14(8-11)22-16(17-13)18-15(19)12-7-9(2)21-10(12)3/h5-8H,4H2,1-3H3,(H,17,18,19).